The minimum absolute atomic E-state index is 0.100. The summed E-state index contributed by atoms with van der Waals surface area (Å²) in [7, 11) is 0. The van der Waals surface area contributed by atoms with Gasteiger partial charge in [0.2, 0.25) is 0 Å². The SMILES string of the molecule is Nc1cccc(-c2csc(-c3cccc(Cl)c3F)n2)c1. The standard InChI is InChI=1S/C15H10ClFN2S/c16-12-6-2-5-11(14(12)17)15-19-13(8-20-15)9-3-1-4-10(18)7-9/h1-8H,18H2. The number of nitrogens with two attached hydrogens (primary N) is 1. The second-order valence-electron chi connectivity index (χ2n) is 4.26. The zero-order chi connectivity index (χ0) is 14.1. The van der Waals surface area contributed by atoms with Gasteiger partial charge in [-0.1, -0.05) is 29.8 Å². The van der Waals surface area contributed by atoms with Crippen LogP contribution in [0.3, 0.4) is 0 Å². The van der Waals surface area contributed by atoms with E-state index in [0.29, 0.717) is 16.3 Å². The molecule has 2 N–H and O–H groups in total. The Hall–Kier alpha value is -1.91. The average Bonchev–Trinajstić information content (AvgIpc) is 2.91. The monoisotopic (exact) mass is 304 g/mol. The first kappa shape index (κ1) is 13.1. The smallest absolute Gasteiger partial charge is 0.152 e. The molecular weight excluding hydrogens is 295 g/mol. The summed E-state index contributed by atoms with van der Waals surface area (Å²) >= 11 is 7.17. The molecule has 0 saturated heterocycles. The van der Waals surface area contributed by atoms with Crippen molar-refractivity contribution in [1.29, 1.82) is 0 Å². The summed E-state index contributed by atoms with van der Waals surface area (Å²) in [5, 5.41) is 2.58. The van der Waals surface area contributed by atoms with Crippen LogP contribution in [0.4, 0.5) is 10.1 Å². The van der Waals surface area contributed by atoms with Gasteiger partial charge < -0.3 is 5.73 Å². The van der Waals surface area contributed by atoms with Gasteiger partial charge in [-0.25, -0.2) is 9.37 Å². The van der Waals surface area contributed by atoms with Crippen molar-refractivity contribution in [3.05, 3.63) is 58.7 Å². The summed E-state index contributed by atoms with van der Waals surface area (Å²) < 4.78 is 14.0. The lowest BCUT2D eigenvalue weighted by Crippen LogP contribution is -1.87. The minimum Gasteiger partial charge on any atom is -0.399 e. The van der Waals surface area contributed by atoms with E-state index in [1.807, 2.05) is 29.6 Å². The maximum atomic E-state index is 14.0. The molecule has 100 valence electrons. The van der Waals surface area contributed by atoms with Crippen molar-refractivity contribution in [3.8, 4) is 21.8 Å². The van der Waals surface area contributed by atoms with Gasteiger partial charge in [-0.15, -0.1) is 11.3 Å². The van der Waals surface area contributed by atoms with Gasteiger partial charge in [0.25, 0.3) is 0 Å². The Morgan fingerprint density at radius 3 is 2.75 bits per heavy atom. The molecule has 20 heavy (non-hydrogen) atoms. The third-order valence-electron chi connectivity index (χ3n) is 2.87. The molecule has 0 radical (unpaired) electrons. The van der Waals surface area contributed by atoms with Gasteiger partial charge in [0.05, 0.1) is 10.7 Å². The van der Waals surface area contributed by atoms with Gasteiger partial charge in [-0.3, -0.25) is 0 Å². The van der Waals surface area contributed by atoms with Gasteiger partial charge in [-0.2, -0.15) is 0 Å². The second kappa shape index (κ2) is 5.23. The number of hydrogen-bond donors (Lipinski definition) is 1. The van der Waals surface area contributed by atoms with E-state index in [2.05, 4.69) is 4.98 Å². The van der Waals surface area contributed by atoms with E-state index in [1.165, 1.54) is 17.4 Å². The Labute approximate surface area is 124 Å². The lowest BCUT2D eigenvalue weighted by Gasteiger charge is -2.01. The van der Waals surface area contributed by atoms with Crippen molar-refractivity contribution in [2.75, 3.05) is 5.73 Å². The van der Waals surface area contributed by atoms with E-state index in [0.717, 1.165) is 11.3 Å². The Balaban J connectivity index is 2.04. The number of hydrogen-bond acceptors (Lipinski definition) is 3. The highest BCUT2D eigenvalue weighted by atomic mass is 35.5. The summed E-state index contributed by atoms with van der Waals surface area (Å²) in [6.07, 6.45) is 0. The molecule has 0 spiro atoms. The summed E-state index contributed by atoms with van der Waals surface area (Å²) in [6, 6.07) is 12.3. The molecular formula is C15H10ClFN2S. The molecule has 0 fully saturated rings. The lowest BCUT2D eigenvalue weighted by atomic mass is 10.1. The molecule has 0 aliphatic carbocycles. The van der Waals surface area contributed by atoms with Crippen LogP contribution in [-0.4, -0.2) is 4.98 Å². The van der Waals surface area contributed by atoms with E-state index in [4.69, 9.17) is 17.3 Å². The van der Waals surface area contributed by atoms with E-state index in [9.17, 15) is 4.39 Å². The van der Waals surface area contributed by atoms with Crippen molar-refractivity contribution in [2.24, 2.45) is 0 Å². The van der Waals surface area contributed by atoms with Crippen LogP contribution in [0.25, 0.3) is 21.8 Å². The average molecular weight is 305 g/mol. The van der Waals surface area contributed by atoms with Crippen LogP contribution in [0.15, 0.2) is 47.8 Å². The predicted molar refractivity (Wildman–Crippen MR) is 82.4 cm³/mol. The van der Waals surface area contributed by atoms with Crippen LogP contribution >= 0.6 is 22.9 Å². The fraction of sp³-hybridized carbons (Fsp3) is 0. The van der Waals surface area contributed by atoms with Crippen molar-refractivity contribution in [1.82, 2.24) is 4.98 Å². The highest BCUT2D eigenvalue weighted by Gasteiger charge is 2.12. The Bertz CT molecular complexity index is 770. The molecule has 0 saturated carbocycles. The van der Waals surface area contributed by atoms with Crippen molar-refractivity contribution >= 4 is 28.6 Å². The highest BCUT2D eigenvalue weighted by molar-refractivity contribution is 7.13. The minimum atomic E-state index is -0.442. The maximum Gasteiger partial charge on any atom is 0.152 e. The normalized spacial score (nSPS) is 10.7. The van der Waals surface area contributed by atoms with E-state index < -0.39 is 5.82 Å². The molecule has 3 rings (SSSR count). The zero-order valence-electron chi connectivity index (χ0n) is 10.3. The number of nitrogen functional groups attached to an aromatic ring is 1. The quantitative estimate of drug-likeness (QED) is 0.687. The first-order valence-corrected chi connectivity index (χ1v) is 7.17. The second-order valence-corrected chi connectivity index (χ2v) is 5.53. The predicted octanol–water partition coefficient (Wildman–Crippen LogP) is 4.85. The summed E-state index contributed by atoms with van der Waals surface area (Å²) in [6.45, 7) is 0. The molecule has 1 aromatic heterocycles. The third kappa shape index (κ3) is 2.40. The number of nitrogens with zero attached hydrogens (tertiary/aromatic N) is 1. The molecule has 0 aliphatic rings. The molecule has 0 atom stereocenters. The molecule has 1 heterocycles. The van der Waals surface area contributed by atoms with Crippen LogP contribution in [0.1, 0.15) is 0 Å². The fourth-order valence-corrected chi connectivity index (χ4v) is 2.92. The van der Waals surface area contributed by atoms with Gasteiger partial charge in [0, 0.05) is 22.2 Å². The largest absolute Gasteiger partial charge is 0.399 e. The molecule has 3 aromatic rings. The number of rotatable bonds is 2. The van der Waals surface area contributed by atoms with Crippen LogP contribution in [0.2, 0.25) is 5.02 Å². The van der Waals surface area contributed by atoms with Gasteiger partial charge >= 0.3 is 0 Å². The number of benzene rings is 2. The zero-order valence-corrected chi connectivity index (χ0v) is 11.9. The maximum absolute atomic E-state index is 14.0. The van der Waals surface area contributed by atoms with E-state index in [1.54, 1.807) is 12.1 Å². The first-order valence-electron chi connectivity index (χ1n) is 5.91. The molecule has 0 aliphatic heterocycles. The topological polar surface area (TPSA) is 38.9 Å². The van der Waals surface area contributed by atoms with Crippen molar-refractivity contribution in [2.45, 2.75) is 0 Å². The third-order valence-corrected chi connectivity index (χ3v) is 4.04. The number of anilines is 1. The summed E-state index contributed by atoms with van der Waals surface area (Å²) in [5.41, 5.74) is 8.53. The van der Waals surface area contributed by atoms with Crippen molar-refractivity contribution < 1.29 is 4.39 Å². The Morgan fingerprint density at radius 2 is 1.95 bits per heavy atom. The molecule has 0 bridgehead atoms. The summed E-state index contributed by atoms with van der Waals surface area (Å²) in [5.74, 6) is -0.442. The van der Waals surface area contributed by atoms with Crippen LogP contribution < -0.4 is 5.73 Å². The van der Waals surface area contributed by atoms with Gasteiger partial charge in [-0.05, 0) is 24.3 Å². The van der Waals surface area contributed by atoms with Gasteiger partial charge in [0.15, 0.2) is 5.82 Å². The van der Waals surface area contributed by atoms with Crippen LogP contribution in [-0.2, 0) is 0 Å². The van der Waals surface area contributed by atoms with Crippen LogP contribution in [0, 0.1) is 5.82 Å². The van der Waals surface area contributed by atoms with Crippen LogP contribution in [0.5, 0.6) is 0 Å². The Morgan fingerprint density at radius 1 is 1.15 bits per heavy atom. The van der Waals surface area contributed by atoms with Gasteiger partial charge in [0.1, 0.15) is 5.01 Å². The van der Waals surface area contributed by atoms with Crippen molar-refractivity contribution in [3.63, 3.8) is 0 Å². The van der Waals surface area contributed by atoms with E-state index in [-0.39, 0.29) is 5.02 Å². The molecule has 0 unspecified atom stereocenters. The molecule has 2 nitrogen and oxygen atoms in total. The Kier molecular flexibility index (Phi) is 3.42. The summed E-state index contributed by atoms with van der Waals surface area (Å²) in [4.78, 5) is 4.46. The molecule has 5 heteroatoms. The number of aromatic nitrogens is 1. The highest BCUT2D eigenvalue weighted by Crippen LogP contribution is 2.32. The number of thiazole rings is 1. The lowest BCUT2D eigenvalue weighted by molar-refractivity contribution is 0.631. The molecule has 0 amide bonds. The molecule has 2 aromatic carbocycles. The fourth-order valence-electron chi connectivity index (χ4n) is 1.90. The first-order chi connectivity index (χ1) is 9.65. The number of halogens is 2. The van der Waals surface area contributed by atoms with E-state index >= 15 is 0 Å².